The van der Waals surface area contributed by atoms with Crippen LogP contribution in [0.4, 0.5) is 0 Å². The Balaban J connectivity index is 2.15. The number of hydrogen-bond acceptors (Lipinski definition) is 4. The zero-order chi connectivity index (χ0) is 15.6. The molecule has 0 spiro atoms. The van der Waals surface area contributed by atoms with Gasteiger partial charge >= 0.3 is 0 Å². The fourth-order valence-corrected chi connectivity index (χ4v) is 3.09. The molecule has 1 amide bonds. The molecule has 1 N–H and O–H groups in total. The Labute approximate surface area is 133 Å². The highest BCUT2D eigenvalue weighted by Crippen LogP contribution is 2.34. The molecule has 1 aromatic carbocycles. The van der Waals surface area contributed by atoms with Crippen LogP contribution in [0.15, 0.2) is 16.6 Å². The lowest BCUT2D eigenvalue weighted by Gasteiger charge is -2.30. The Morgan fingerprint density at radius 1 is 1.33 bits per heavy atom. The average molecular weight is 358 g/mol. The third-order valence-electron chi connectivity index (χ3n) is 3.85. The van der Waals surface area contributed by atoms with Gasteiger partial charge in [-0.15, -0.1) is 0 Å². The first-order valence-corrected chi connectivity index (χ1v) is 7.61. The van der Waals surface area contributed by atoms with Gasteiger partial charge in [-0.3, -0.25) is 4.79 Å². The predicted molar refractivity (Wildman–Crippen MR) is 82.5 cm³/mol. The van der Waals surface area contributed by atoms with Crippen LogP contribution in [0, 0.1) is 0 Å². The van der Waals surface area contributed by atoms with E-state index in [2.05, 4.69) is 15.9 Å². The van der Waals surface area contributed by atoms with Crippen molar-refractivity contribution < 1.29 is 19.4 Å². The second kappa shape index (κ2) is 6.23. The number of ether oxygens (including phenoxy) is 2. The van der Waals surface area contributed by atoms with Gasteiger partial charge in [0.1, 0.15) is 5.72 Å². The zero-order valence-corrected chi connectivity index (χ0v) is 14.1. The highest BCUT2D eigenvalue weighted by atomic mass is 79.9. The quantitative estimate of drug-likeness (QED) is 0.878. The number of methoxy groups -OCH3 is 2. The summed E-state index contributed by atoms with van der Waals surface area (Å²) in [7, 11) is 3.17. The maximum absolute atomic E-state index is 11.8. The minimum absolute atomic E-state index is 0.00315. The van der Waals surface area contributed by atoms with Crippen LogP contribution in [0.2, 0.25) is 0 Å². The summed E-state index contributed by atoms with van der Waals surface area (Å²) in [6.45, 7) is 2.15. The second-order valence-electron chi connectivity index (χ2n) is 5.31. The van der Waals surface area contributed by atoms with Crippen LogP contribution in [0.25, 0.3) is 0 Å². The summed E-state index contributed by atoms with van der Waals surface area (Å²) in [4.78, 5) is 13.4. The molecule has 1 aromatic rings. The maximum atomic E-state index is 11.8. The van der Waals surface area contributed by atoms with Crippen molar-refractivity contribution in [2.24, 2.45) is 0 Å². The number of carbonyl (C=O) groups excluding carboxylic acids is 1. The van der Waals surface area contributed by atoms with Crippen LogP contribution in [-0.4, -0.2) is 42.4 Å². The van der Waals surface area contributed by atoms with E-state index in [0.717, 1.165) is 10.0 Å². The van der Waals surface area contributed by atoms with E-state index in [1.54, 1.807) is 21.1 Å². The number of benzene rings is 1. The molecule has 6 heteroatoms. The number of nitrogens with zero attached hydrogens (tertiary/aromatic N) is 1. The minimum Gasteiger partial charge on any atom is -0.493 e. The van der Waals surface area contributed by atoms with Crippen molar-refractivity contribution in [1.29, 1.82) is 0 Å². The smallest absolute Gasteiger partial charge is 0.224 e. The lowest BCUT2D eigenvalue weighted by Crippen LogP contribution is -2.44. The molecule has 1 aliphatic heterocycles. The fourth-order valence-electron chi connectivity index (χ4n) is 2.57. The Hall–Kier alpha value is -1.27. The summed E-state index contributed by atoms with van der Waals surface area (Å²) in [5.41, 5.74) is -0.0386. The molecule has 1 heterocycles. The molecular weight excluding hydrogens is 338 g/mol. The third-order valence-corrected chi connectivity index (χ3v) is 4.59. The summed E-state index contributed by atoms with van der Waals surface area (Å²) in [5.74, 6) is 1.30. The number of likely N-dealkylation sites (tertiary alicyclic amines) is 1. The van der Waals surface area contributed by atoms with Crippen LogP contribution in [0.3, 0.4) is 0 Å². The van der Waals surface area contributed by atoms with Gasteiger partial charge in [-0.25, -0.2) is 0 Å². The molecule has 116 valence electrons. The Kier molecular flexibility index (Phi) is 4.78. The first kappa shape index (κ1) is 16.1. The first-order valence-electron chi connectivity index (χ1n) is 6.82. The van der Waals surface area contributed by atoms with Gasteiger partial charge in [-0.2, -0.15) is 0 Å². The molecule has 1 atom stereocenters. The van der Waals surface area contributed by atoms with Crippen molar-refractivity contribution in [2.75, 3.05) is 20.8 Å². The molecule has 2 rings (SSSR count). The van der Waals surface area contributed by atoms with Gasteiger partial charge in [0.05, 0.1) is 14.2 Å². The van der Waals surface area contributed by atoms with Crippen molar-refractivity contribution >= 4 is 21.8 Å². The normalized spacial score (nSPS) is 21.8. The number of hydrogen-bond donors (Lipinski definition) is 1. The highest BCUT2D eigenvalue weighted by molar-refractivity contribution is 9.10. The van der Waals surface area contributed by atoms with Gasteiger partial charge < -0.3 is 19.5 Å². The van der Waals surface area contributed by atoms with Crippen molar-refractivity contribution in [3.63, 3.8) is 0 Å². The minimum atomic E-state index is -1.04. The molecule has 0 bridgehead atoms. The number of halogens is 1. The molecule has 1 fully saturated rings. The van der Waals surface area contributed by atoms with Gasteiger partial charge in [-0.05, 0) is 31.0 Å². The van der Waals surface area contributed by atoms with Crippen molar-refractivity contribution in [2.45, 2.75) is 31.9 Å². The van der Waals surface area contributed by atoms with E-state index in [0.29, 0.717) is 37.3 Å². The molecule has 0 aromatic heterocycles. The van der Waals surface area contributed by atoms with Gasteiger partial charge in [0.2, 0.25) is 5.91 Å². The Bertz CT molecular complexity index is 545. The van der Waals surface area contributed by atoms with Gasteiger partial charge in [0.25, 0.3) is 0 Å². The number of aliphatic hydroxyl groups is 1. The molecule has 0 radical (unpaired) electrons. The Morgan fingerprint density at radius 2 is 1.95 bits per heavy atom. The molecule has 21 heavy (non-hydrogen) atoms. The molecule has 0 saturated carbocycles. The van der Waals surface area contributed by atoms with E-state index in [1.807, 2.05) is 12.1 Å². The van der Waals surface area contributed by atoms with E-state index >= 15 is 0 Å². The fraction of sp³-hybridized carbons (Fsp3) is 0.533. The van der Waals surface area contributed by atoms with Crippen molar-refractivity contribution in [3.05, 3.63) is 22.2 Å². The van der Waals surface area contributed by atoms with E-state index < -0.39 is 5.72 Å². The number of carbonyl (C=O) groups is 1. The third kappa shape index (κ3) is 3.32. The molecule has 1 saturated heterocycles. The summed E-state index contributed by atoms with van der Waals surface area (Å²) >= 11 is 3.50. The van der Waals surface area contributed by atoms with Crippen molar-refractivity contribution in [3.8, 4) is 11.5 Å². The number of rotatable bonds is 5. The van der Waals surface area contributed by atoms with Crippen LogP contribution in [0.5, 0.6) is 11.5 Å². The summed E-state index contributed by atoms with van der Waals surface area (Å²) < 4.78 is 11.4. The molecule has 0 aliphatic carbocycles. The van der Waals surface area contributed by atoms with E-state index in [-0.39, 0.29) is 5.91 Å². The largest absolute Gasteiger partial charge is 0.493 e. The van der Waals surface area contributed by atoms with Crippen LogP contribution in [0.1, 0.15) is 25.3 Å². The van der Waals surface area contributed by atoms with Crippen LogP contribution >= 0.6 is 15.9 Å². The molecule has 1 aliphatic rings. The monoisotopic (exact) mass is 357 g/mol. The summed E-state index contributed by atoms with van der Waals surface area (Å²) in [6, 6.07) is 3.73. The predicted octanol–water partition coefficient (Wildman–Crippen LogP) is 2.34. The van der Waals surface area contributed by atoms with Crippen molar-refractivity contribution in [1.82, 2.24) is 4.90 Å². The van der Waals surface area contributed by atoms with Gasteiger partial charge in [-0.1, -0.05) is 15.9 Å². The number of amides is 1. The van der Waals surface area contributed by atoms with E-state index in [1.165, 1.54) is 4.90 Å². The van der Waals surface area contributed by atoms with Crippen LogP contribution < -0.4 is 9.47 Å². The van der Waals surface area contributed by atoms with Gasteiger partial charge in [0.15, 0.2) is 11.5 Å². The van der Waals surface area contributed by atoms with E-state index in [4.69, 9.17) is 9.47 Å². The average Bonchev–Trinajstić information content (AvgIpc) is 2.71. The molecule has 1 unspecified atom stereocenters. The summed E-state index contributed by atoms with van der Waals surface area (Å²) in [5, 5.41) is 10.2. The van der Waals surface area contributed by atoms with Gasteiger partial charge in [0, 0.05) is 23.9 Å². The SMILES string of the molecule is COc1cc(Br)c(CCN2C(=O)CCC2(C)O)cc1OC. The lowest BCUT2D eigenvalue weighted by atomic mass is 10.1. The first-order chi connectivity index (χ1) is 9.89. The second-order valence-corrected chi connectivity index (χ2v) is 6.17. The standard InChI is InChI=1S/C15H20BrNO4/c1-15(19)6-4-14(18)17(15)7-5-10-8-12(20-2)13(21-3)9-11(10)16/h8-9,19H,4-7H2,1-3H3. The molecular formula is C15H20BrNO4. The molecule has 5 nitrogen and oxygen atoms in total. The Morgan fingerprint density at radius 3 is 2.48 bits per heavy atom. The summed E-state index contributed by atoms with van der Waals surface area (Å²) in [6.07, 6.45) is 1.52. The lowest BCUT2D eigenvalue weighted by molar-refractivity contribution is -0.142. The van der Waals surface area contributed by atoms with E-state index in [9.17, 15) is 9.90 Å². The highest BCUT2D eigenvalue weighted by Gasteiger charge is 2.39. The topological polar surface area (TPSA) is 59.0 Å². The van der Waals surface area contributed by atoms with Crippen LogP contribution in [-0.2, 0) is 11.2 Å². The maximum Gasteiger partial charge on any atom is 0.224 e. The zero-order valence-electron chi connectivity index (χ0n) is 12.5.